The summed E-state index contributed by atoms with van der Waals surface area (Å²) in [7, 11) is 0. The van der Waals surface area contributed by atoms with Gasteiger partial charge >= 0.3 is 0 Å². The SMILES string of the molecule is C/C(=C\CC/C(C)=C/CC[C@]1(C)CCc2cc(O)cc(C)c2O1)CC/C=C(\C)C(=O)NCc1ccccc1. The minimum Gasteiger partial charge on any atom is -0.508 e. The van der Waals surface area contributed by atoms with Crippen LogP contribution in [0.25, 0.3) is 0 Å². The van der Waals surface area contributed by atoms with E-state index >= 15 is 0 Å². The molecule has 2 N–H and O–H groups in total. The number of hydrogen-bond donors (Lipinski definition) is 2. The van der Waals surface area contributed by atoms with Crippen molar-refractivity contribution in [3.8, 4) is 11.5 Å². The van der Waals surface area contributed by atoms with Crippen LogP contribution in [-0.2, 0) is 17.8 Å². The van der Waals surface area contributed by atoms with Gasteiger partial charge in [0.25, 0.3) is 0 Å². The molecule has 0 fully saturated rings. The van der Waals surface area contributed by atoms with Gasteiger partial charge < -0.3 is 15.2 Å². The molecule has 3 rings (SSSR count). The number of allylic oxidation sites excluding steroid dienone is 5. The summed E-state index contributed by atoms with van der Waals surface area (Å²) >= 11 is 0. The third kappa shape index (κ3) is 9.24. The van der Waals surface area contributed by atoms with Crippen LogP contribution >= 0.6 is 0 Å². The van der Waals surface area contributed by atoms with Crippen molar-refractivity contribution in [1.82, 2.24) is 5.32 Å². The molecule has 1 aliphatic heterocycles. The van der Waals surface area contributed by atoms with Crippen molar-refractivity contribution >= 4 is 5.91 Å². The topological polar surface area (TPSA) is 58.6 Å². The molecule has 38 heavy (non-hydrogen) atoms. The Hall–Kier alpha value is -3.27. The number of nitrogens with one attached hydrogen (secondary N) is 1. The number of aryl methyl sites for hydroxylation is 2. The molecule has 204 valence electrons. The molecule has 0 bridgehead atoms. The highest BCUT2D eigenvalue weighted by Crippen LogP contribution is 2.39. The van der Waals surface area contributed by atoms with Crippen LogP contribution in [0.15, 0.2) is 77.4 Å². The maximum absolute atomic E-state index is 12.3. The van der Waals surface area contributed by atoms with E-state index < -0.39 is 0 Å². The van der Waals surface area contributed by atoms with Crippen LogP contribution in [-0.4, -0.2) is 16.6 Å². The molecule has 1 aliphatic rings. The van der Waals surface area contributed by atoms with E-state index in [1.165, 1.54) is 11.1 Å². The third-order valence-electron chi connectivity index (χ3n) is 7.45. The first-order valence-electron chi connectivity index (χ1n) is 14.0. The van der Waals surface area contributed by atoms with E-state index in [0.717, 1.165) is 79.4 Å². The third-order valence-corrected chi connectivity index (χ3v) is 7.45. The Labute approximate surface area is 229 Å². The molecular formula is C34H45NO3. The zero-order valence-electron chi connectivity index (χ0n) is 23.9. The fraction of sp³-hybridized carbons (Fsp3) is 0.441. The maximum atomic E-state index is 12.3. The van der Waals surface area contributed by atoms with Gasteiger partial charge in [0, 0.05) is 12.1 Å². The summed E-state index contributed by atoms with van der Waals surface area (Å²) in [5.74, 6) is 1.28. The van der Waals surface area contributed by atoms with Gasteiger partial charge in [-0.05, 0) is 115 Å². The van der Waals surface area contributed by atoms with Crippen LogP contribution in [0.4, 0.5) is 0 Å². The summed E-state index contributed by atoms with van der Waals surface area (Å²) in [6.45, 7) is 11.1. The molecule has 4 heteroatoms. The molecule has 0 spiro atoms. The summed E-state index contributed by atoms with van der Waals surface area (Å²) in [6, 6.07) is 13.6. The molecule has 0 unspecified atom stereocenters. The van der Waals surface area contributed by atoms with Crippen molar-refractivity contribution in [2.24, 2.45) is 0 Å². The van der Waals surface area contributed by atoms with Crippen molar-refractivity contribution in [2.75, 3.05) is 0 Å². The first-order valence-corrected chi connectivity index (χ1v) is 14.0. The highest BCUT2D eigenvalue weighted by atomic mass is 16.5. The Morgan fingerprint density at radius 3 is 2.37 bits per heavy atom. The van der Waals surface area contributed by atoms with Crippen LogP contribution in [0.5, 0.6) is 11.5 Å². The standard InChI is InChI=1S/C34H45NO3/c1-25(14-10-16-27(3)33(37)35-24-29-17-7-6-8-18-29)12-9-13-26(2)15-11-20-34(5)21-19-30-23-31(36)22-28(4)32(30)38-34/h6-8,12,15-18,22-23,36H,9-11,13-14,19-21,24H2,1-5H3,(H,35,37)/b25-12+,26-15+,27-16+/t34-/m1/s1. The van der Waals surface area contributed by atoms with Crippen LogP contribution in [0, 0.1) is 6.92 Å². The number of carbonyl (C=O) groups is 1. The van der Waals surface area contributed by atoms with E-state index in [2.05, 4.69) is 38.2 Å². The average molecular weight is 516 g/mol. The Kier molecular flexibility index (Phi) is 10.8. The quantitative estimate of drug-likeness (QED) is 0.221. The number of carbonyl (C=O) groups excluding carboxylic acids is 1. The molecular weight excluding hydrogens is 470 g/mol. The summed E-state index contributed by atoms with van der Waals surface area (Å²) < 4.78 is 6.42. The van der Waals surface area contributed by atoms with E-state index in [1.54, 1.807) is 6.07 Å². The lowest BCUT2D eigenvalue weighted by atomic mass is 9.87. The minimum atomic E-state index is -0.161. The second kappa shape index (κ2) is 14.0. The molecule has 0 aliphatic carbocycles. The summed E-state index contributed by atoms with van der Waals surface area (Å²) in [5, 5.41) is 12.8. The van der Waals surface area contributed by atoms with Gasteiger partial charge in [-0.2, -0.15) is 0 Å². The second-order valence-electron chi connectivity index (χ2n) is 11.1. The molecule has 0 saturated carbocycles. The van der Waals surface area contributed by atoms with Crippen LogP contribution in [0.2, 0.25) is 0 Å². The van der Waals surface area contributed by atoms with E-state index in [1.807, 2.05) is 56.3 Å². The monoisotopic (exact) mass is 515 g/mol. The van der Waals surface area contributed by atoms with Crippen molar-refractivity contribution in [3.63, 3.8) is 0 Å². The van der Waals surface area contributed by atoms with Crippen LogP contribution in [0.1, 0.15) is 89.3 Å². The number of rotatable bonds is 12. The average Bonchev–Trinajstić information content (AvgIpc) is 2.88. The smallest absolute Gasteiger partial charge is 0.246 e. The largest absolute Gasteiger partial charge is 0.508 e. The fourth-order valence-corrected chi connectivity index (χ4v) is 4.93. The Balaban J connectivity index is 1.35. The second-order valence-corrected chi connectivity index (χ2v) is 11.1. The maximum Gasteiger partial charge on any atom is 0.246 e. The van der Waals surface area contributed by atoms with Gasteiger partial charge in [-0.15, -0.1) is 0 Å². The Morgan fingerprint density at radius 1 is 1.00 bits per heavy atom. The number of ether oxygens (including phenoxy) is 1. The Morgan fingerprint density at radius 2 is 1.66 bits per heavy atom. The van der Waals surface area contributed by atoms with Gasteiger partial charge in [-0.3, -0.25) is 4.79 Å². The van der Waals surface area contributed by atoms with Crippen LogP contribution < -0.4 is 10.1 Å². The molecule has 2 aromatic rings. The molecule has 0 radical (unpaired) electrons. The zero-order valence-corrected chi connectivity index (χ0v) is 23.9. The number of aromatic hydroxyl groups is 1. The normalized spacial score (nSPS) is 18.1. The molecule has 0 aromatic heterocycles. The lowest BCUT2D eigenvalue weighted by Gasteiger charge is -2.36. The van der Waals surface area contributed by atoms with E-state index in [4.69, 9.17) is 4.74 Å². The lowest BCUT2D eigenvalue weighted by Crippen LogP contribution is -2.36. The number of benzene rings is 2. The summed E-state index contributed by atoms with van der Waals surface area (Å²) in [4.78, 5) is 12.3. The number of amides is 1. The van der Waals surface area contributed by atoms with Crippen molar-refractivity contribution in [3.05, 3.63) is 94.1 Å². The number of fused-ring (bicyclic) bond motifs is 1. The molecule has 0 saturated heterocycles. The lowest BCUT2D eigenvalue weighted by molar-refractivity contribution is -0.117. The van der Waals surface area contributed by atoms with E-state index in [0.29, 0.717) is 12.3 Å². The molecule has 1 heterocycles. The first-order chi connectivity index (χ1) is 18.1. The number of phenolic OH excluding ortho intramolecular Hbond substituents is 1. The molecule has 1 atom stereocenters. The Bertz CT molecular complexity index is 1180. The fourth-order valence-electron chi connectivity index (χ4n) is 4.93. The predicted molar refractivity (Wildman–Crippen MR) is 157 cm³/mol. The highest BCUT2D eigenvalue weighted by Gasteiger charge is 2.32. The van der Waals surface area contributed by atoms with Crippen LogP contribution in [0.3, 0.4) is 0 Å². The summed E-state index contributed by atoms with van der Waals surface area (Å²) in [6.07, 6.45) is 14.6. The minimum absolute atomic E-state index is 0.00220. The molecule has 1 amide bonds. The van der Waals surface area contributed by atoms with Gasteiger partial charge in [-0.1, -0.05) is 59.7 Å². The van der Waals surface area contributed by atoms with Gasteiger partial charge in [-0.25, -0.2) is 0 Å². The summed E-state index contributed by atoms with van der Waals surface area (Å²) in [5.41, 5.74) is 6.64. The van der Waals surface area contributed by atoms with Crippen molar-refractivity contribution < 1.29 is 14.6 Å². The first kappa shape index (κ1) is 29.3. The molecule has 2 aromatic carbocycles. The number of hydrogen-bond acceptors (Lipinski definition) is 3. The van der Waals surface area contributed by atoms with Gasteiger partial charge in [0.15, 0.2) is 0 Å². The number of phenols is 1. The zero-order chi connectivity index (χ0) is 27.5. The van der Waals surface area contributed by atoms with Gasteiger partial charge in [0.1, 0.15) is 17.1 Å². The van der Waals surface area contributed by atoms with Gasteiger partial charge in [0.05, 0.1) is 0 Å². The van der Waals surface area contributed by atoms with E-state index in [9.17, 15) is 9.90 Å². The van der Waals surface area contributed by atoms with Crippen molar-refractivity contribution in [1.29, 1.82) is 0 Å². The highest BCUT2D eigenvalue weighted by molar-refractivity contribution is 5.92. The van der Waals surface area contributed by atoms with Gasteiger partial charge in [0.2, 0.25) is 5.91 Å². The molecule has 4 nitrogen and oxygen atoms in total. The van der Waals surface area contributed by atoms with E-state index in [-0.39, 0.29) is 11.5 Å². The predicted octanol–water partition coefficient (Wildman–Crippen LogP) is 8.28. The van der Waals surface area contributed by atoms with Crippen molar-refractivity contribution in [2.45, 2.75) is 98.1 Å².